The van der Waals surface area contributed by atoms with Gasteiger partial charge in [0.25, 0.3) is 0 Å². The molecule has 2 aliphatic heterocycles. The molecule has 2 aromatic rings. The van der Waals surface area contributed by atoms with Crippen LogP contribution in [0.3, 0.4) is 0 Å². The third kappa shape index (κ3) is 4.64. The molecule has 0 aliphatic carbocycles. The summed E-state index contributed by atoms with van der Waals surface area (Å²) in [4.78, 5) is 16.8. The van der Waals surface area contributed by atoms with Gasteiger partial charge >= 0.3 is 0 Å². The minimum Gasteiger partial charge on any atom is -0.385 e. The lowest BCUT2D eigenvalue weighted by Gasteiger charge is -2.39. The molecular formula is C23H27ClN2O2S. The Hall–Kier alpha value is -1.53. The van der Waals surface area contributed by atoms with Gasteiger partial charge in [-0.05, 0) is 43.0 Å². The molecule has 4 rings (SSSR count). The number of aryl methyl sites for hydroxylation is 1. The van der Waals surface area contributed by atoms with Gasteiger partial charge in [0.2, 0.25) is 5.91 Å². The Morgan fingerprint density at radius 3 is 2.38 bits per heavy atom. The summed E-state index contributed by atoms with van der Waals surface area (Å²) in [6.07, 6.45) is 1.39. The SMILES string of the molecule is Cc1ccc(C2SCC(=O)N2CCN2CCC(O)(c3ccc(Cl)cc3)CC2)cc1. The van der Waals surface area contributed by atoms with Crippen LogP contribution in [0.1, 0.15) is 34.9 Å². The van der Waals surface area contributed by atoms with Crippen molar-refractivity contribution in [3.05, 3.63) is 70.2 Å². The number of aliphatic hydroxyl groups is 1. The zero-order chi connectivity index (χ0) is 20.4. The van der Waals surface area contributed by atoms with E-state index in [1.54, 1.807) is 11.8 Å². The Labute approximate surface area is 181 Å². The summed E-state index contributed by atoms with van der Waals surface area (Å²) in [5.41, 5.74) is 2.58. The Morgan fingerprint density at radius 1 is 1.07 bits per heavy atom. The fourth-order valence-corrected chi connectivity index (χ4v) is 5.49. The van der Waals surface area contributed by atoms with Crippen molar-refractivity contribution in [2.75, 3.05) is 31.9 Å². The zero-order valence-electron chi connectivity index (χ0n) is 16.7. The van der Waals surface area contributed by atoms with E-state index in [0.29, 0.717) is 23.6 Å². The molecule has 1 unspecified atom stereocenters. The Morgan fingerprint density at radius 2 is 1.72 bits per heavy atom. The van der Waals surface area contributed by atoms with Gasteiger partial charge in [0.05, 0.1) is 11.4 Å². The van der Waals surface area contributed by atoms with Gasteiger partial charge in [0, 0.05) is 31.2 Å². The summed E-state index contributed by atoms with van der Waals surface area (Å²) < 4.78 is 0. The van der Waals surface area contributed by atoms with Gasteiger partial charge in [0.15, 0.2) is 0 Å². The van der Waals surface area contributed by atoms with Crippen LogP contribution in [0.15, 0.2) is 48.5 Å². The number of likely N-dealkylation sites (tertiary alicyclic amines) is 1. The fraction of sp³-hybridized carbons (Fsp3) is 0.435. The number of carbonyl (C=O) groups is 1. The molecule has 154 valence electrons. The van der Waals surface area contributed by atoms with Gasteiger partial charge < -0.3 is 14.9 Å². The van der Waals surface area contributed by atoms with Crippen LogP contribution >= 0.6 is 23.4 Å². The number of halogens is 1. The van der Waals surface area contributed by atoms with Crippen LogP contribution in [-0.2, 0) is 10.4 Å². The minimum atomic E-state index is -0.787. The van der Waals surface area contributed by atoms with E-state index < -0.39 is 5.60 Å². The summed E-state index contributed by atoms with van der Waals surface area (Å²) in [6.45, 7) is 5.29. The molecule has 29 heavy (non-hydrogen) atoms. The number of hydrogen-bond acceptors (Lipinski definition) is 4. The van der Waals surface area contributed by atoms with Crippen molar-refractivity contribution in [2.45, 2.75) is 30.7 Å². The first kappa shape index (κ1) is 20.7. The largest absolute Gasteiger partial charge is 0.385 e. The van der Waals surface area contributed by atoms with E-state index >= 15 is 0 Å². The molecule has 2 heterocycles. The molecule has 4 nitrogen and oxygen atoms in total. The van der Waals surface area contributed by atoms with Gasteiger partial charge in [-0.1, -0.05) is 53.6 Å². The quantitative estimate of drug-likeness (QED) is 0.771. The molecule has 0 radical (unpaired) electrons. The number of piperidine rings is 1. The highest BCUT2D eigenvalue weighted by atomic mass is 35.5. The molecule has 1 N–H and O–H groups in total. The average Bonchev–Trinajstić information content (AvgIpc) is 3.09. The molecule has 0 aromatic heterocycles. The standard InChI is InChI=1S/C23H27ClN2O2S/c1-17-2-4-18(5-3-17)22-26(21(27)16-29-22)15-14-25-12-10-23(28,11-13-25)19-6-8-20(24)9-7-19/h2-9,22,28H,10-16H2,1H3. The fourth-order valence-electron chi connectivity index (χ4n) is 4.15. The van der Waals surface area contributed by atoms with Gasteiger partial charge in [-0.3, -0.25) is 4.79 Å². The first-order valence-corrected chi connectivity index (χ1v) is 11.6. The minimum absolute atomic E-state index is 0.110. The smallest absolute Gasteiger partial charge is 0.233 e. The summed E-state index contributed by atoms with van der Waals surface area (Å²) in [5.74, 6) is 0.768. The molecule has 0 bridgehead atoms. The van der Waals surface area contributed by atoms with E-state index in [2.05, 4.69) is 36.1 Å². The number of thioether (sulfide) groups is 1. The number of amides is 1. The van der Waals surface area contributed by atoms with E-state index in [-0.39, 0.29) is 11.3 Å². The van der Waals surface area contributed by atoms with Crippen LogP contribution in [-0.4, -0.2) is 52.7 Å². The molecule has 2 fully saturated rings. The third-order valence-electron chi connectivity index (χ3n) is 6.05. The second-order valence-corrected chi connectivity index (χ2v) is 9.55. The number of rotatable bonds is 5. The van der Waals surface area contributed by atoms with Gasteiger partial charge in [-0.25, -0.2) is 0 Å². The summed E-state index contributed by atoms with van der Waals surface area (Å²) in [7, 11) is 0. The highest BCUT2D eigenvalue weighted by Crippen LogP contribution is 2.39. The van der Waals surface area contributed by atoms with Crippen molar-refractivity contribution >= 4 is 29.3 Å². The molecule has 2 aromatic carbocycles. The maximum absolute atomic E-state index is 12.4. The zero-order valence-corrected chi connectivity index (χ0v) is 18.3. The highest BCUT2D eigenvalue weighted by molar-refractivity contribution is 8.00. The lowest BCUT2D eigenvalue weighted by molar-refractivity contribution is -0.128. The predicted octanol–water partition coefficient (Wildman–Crippen LogP) is 4.21. The lowest BCUT2D eigenvalue weighted by Crippen LogP contribution is -2.45. The topological polar surface area (TPSA) is 43.8 Å². The van der Waals surface area contributed by atoms with Crippen molar-refractivity contribution in [1.29, 1.82) is 0 Å². The molecule has 1 amide bonds. The lowest BCUT2D eigenvalue weighted by atomic mass is 9.84. The van der Waals surface area contributed by atoms with Crippen LogP contribution in [0.4, 0.5) is 0 Å². The normalized spacial score (nSPS) is 22.2. The van der Waals surface area contributed by atoms with Gasteiger partial charge in [0.1, 0.15) is 5.37 Å². The van der Waals surface area contributed by atoms with E-state index in [0.717, 1.165) is 31.7 Å². The maximum atomic E-state index is 12.4. The molecule has 1 atom stereocenters. The average molecular weight is 431 g/mol. The van der Waals surface area contributed by atoms with E-state index in [1.807, 2.05) is 29.2 Å². The van der Waals surface area contributed by atoms with Gasteiger partial charge in [-0.15, -0.1) is 11.8 Å². The summed E-state index contributed by atoms with van der Waals surface area (Å²) >= 11 is 7.68. The first-order valence-electron chi connectivity index (χ1n) is 10.1. The Bertz CT molecular complexity index is 848. The second kappa shape index (κ2) is 8.68. The van der Waals surface area contributed by atoms with Crippen molar-refractivity contribution in [3.8, 4) is 0 Å². The van der Waals surface area contributed by atoms with Crippen molar-refractivity contribution in [1.82, 2.24) is 9.80 Å². The number of benzene rings is 2. The Kier molecular flexibility index (Phi) is 6.21. The molecule has 0 saturated carbocycles. The van der Waals surface area contributed by atoms with E-state index in [9.17, 15) is 9.90 Å². The highest BCUT2D eigenvalue weighted by Gasteiger charge is 2.36. The monoisotopic (exact) mass is 430 g/mol. The van der Waals surface area contributed by atoms with Crippen LogP contribution < -0.4 is 0 Å². The third-order valence-corrected chi connectivity index (χ3v) is 7.56. The number of hydrogen-bond donors (Lipinski definition) is 1. The van der Waals surface area contributed by atoms with Crippen molar-refractivity contribution < 1.29 is 9.90 Å². The maximum Gasteiger partial charge on any atom is 0.233 e. The van der Waals surface area contributed by atoms with E-state index in [1.165, 1.54) is 11.1 Å². The summed E-state index contributed by atoms with van der Waals surface area (Å²) in [5, 5.41) is 11.8. The first-order chi connectivity index (χ1) is 13.9. The molecule has 2 aliphatic rings. The number of nitrogens with zero attached hydrogens (tertiary/aromatic N) is 2. The molecule has 2 saturated heterocycles. The number of carbonyl (C=O) groups excluding carboxylic acids is 1. The molecule has 0 spiro atoms. The Balaban J connectivity index is 1.34. The molecule has 6 heteroatoms. The van der Waals surface area contributed by atoms with Gasteiger partial charge in [-0.2, -0.15) is 0 Å². The second-order valence-electron chi connectivity index (χ2n) is 8.04. The predicted molar refractivity (Wildman–Crippen MR) is 119 cm³/mol. The van der Waals surface area contributed by atoms with E-state index in [4.69, 9.17) is 11.6 Å². The van der Waals surface area contributed by atoms with Crippen LogP contribution in [0, 0.1) is 6.92 Å². The van der Waals surface area contributed by atoms with Crippen molar-refractivity contribution in [3.63, 3.8) is 0 Å². The summed E-state index contributed by atoms with van der Waals surface area (Å²) in [6, 6.07) is 16.0. The molecular weight excluding hydrogens is 404 g/mol. The van der Waals surface area contributed by atoms with Crippen molar-refractivity contribution in [2.24, 2.45) is 0 Å². The van der Waals surface area contributed by atoms with Crippen LogP contribution in [0.25, 0.3) is 0 Å². The van der Waals surface area contributed by atoms with Crippen LogP contribution in [0.2, 0.25) is 5.02 Å². The van der Waals surface area contributed by atoms with Crippen LogP contribution in [0.5, 0.6) is 0 Å².